The van der Waals surface area contributed by atoms with E-state index in [0.29, 0.717) is 17.0 Å². The average molecular weight is 286 g/mol. The van der Waals surface area contributed by atoms with Crippen LogP contribution < -0.4 is 10.1 Å². The molecule has 0 spiro atoms. The van der Waals surface area contributed by atoms with Crippen LogP contribution in [0.25, 0.3) is 0 Å². The lowest BCUT2D eigenvalue weighted by atomic mass is 10.2. The predicted octanol–water partition coefficient (Wildman–Crippen LogP) is 0.269. The quantitative estimate of drug-likeness (QED) is 0.787. The Morgan fingerprint density at radius 2 is 2.38 bits per heavy atom. The van der Waals surface area contributed by atoms with Crippen LogP contribution in [0.15, 0.2) is 30.9 Å². The molecule has 2 aromatic rings. The summed E-state index contributed by atoms with van der Waals surface area (Å²) in [4.78, 5) is 15.7. The fraction of sp³-hybridized carbons (Fsp3) is 0.214. The summed E-state index contributed by atoms with van der Waals surface area (Å²) in [5.74, 6) is 5.59. The Morgan fingerprint density at radius 1 is 1.52 bits per heavy atom. The van der Waals surface area contributed by atoms with Crippen LogP contribution in [-0.4, -0.2) is 39.5 Å². The van der Waals surface area contributed by atoms with Crippen molar-refractivity contribution >= 4 is 11.6 Å². The fourth-order valence-electron chi connectivity index (χ4n) is 1.68. The van der Waals surface area contributed by atoms with Gasteiger partial charge < -0.3 is 15.2 Å². The normalized spacial score (nSPS) is 9.62. The first-order chi connectivity index (χ1) is 10.2. The maximum Gasteiger partial charge on any atom is 0.246 e. The fourth-order valence-corrected chi connectivity index (χ4v) is 1.68. The third-order valence-electron chi connectivity index (χ3n) is 2.56. The van der Waals surface area contributed by atoms with Gasteiger partial charge in [-0.3, -0.25) is 4.79 Å². The van der Waals surface area contributed by atoms with Gasteiger partial charge in [0.15, 0.2) is 0 Å². The van der Waals surface area contributed by atoms with Gasteiger partial charge in [-0.1, -0.05) is 11.8 Å². The van der Waals surface area contributed by atoms with Crippen LogP contribution in [0, 0.1) is 11.8 Å². The minimum atomic E-state index is -0.258. The van der Waals surface area contributed by atoms with E-state index in [1.165, 1.54) is 24.4 Å². The predicted molar refractivity (Wildman–Crippen MR) is 75.6 cm³/mol. The zero-order valence-corrected chi connectivity index (χ0v) is 11.4. The van der Waals surface area contributed by atoms with Crippen molar-refractivity contribution in [3.8, 4) is 17.6 Å². The van der Waals surface area contributed by atoms with Gasteiger partial charge >= 0.3 is 0 Å². The molecule has 0 aliphatic rings. The van der Waals surface area contributed by atoms with Crippen LogP contribution >= 0.6 is 0 Å². The van der Waals surface area contributed by atoms with Gasteiger partial charge in [0, 0.05) is 5.56 Å². The number of amides is 1. The minimum absolute atomic E-state index is 0.0513. The van der Waals surface area contributed by atoms with Crippen molar-refractivity contribution in [2.45, 2.75) is 6.54 Å². The molecule has 2 N–H and O–H groups in total. The van der Waals surface area contributed by atoms with Gasteiger partial charge in [-0.25, -0.2) is 9.67 Å². The van der Waals surface area contributed by atoms with E-state index >= 15 is 0 Å². The number of ether oxygens (including phenoxy) is 1. The van der Waals surface area contributed by atoms with Crippen LogP contribution in [0.5, 0.6) is 5.75 Å². The molecule has 2 rings (SSSR count). The number of hydrogen-bond donors (Lipinski definition) is 2. The Hall–Kier alpha value is -2.85. The number of nitrogens with zero attached hydrogens (tertiary/aromatic N) is 3. The van der Waals surface area contributed by atoms with E-state index in [4.69, 9.17) is 9.84 Å². The van der Waals surface area contributed by atoms with Crippen LogP contribution in [-0.2, 0) is 11.3 Å². The van der Waals surface area contributed by atoms with Crippen molar-refractivity contribution in [3.63, 3.8) is 0 Å². The van der Waals surface area contributed by atoms with Crippen molar-refractivity contribution in [1.82, 2.24) is 14.8 Å². The summed E-state index contributed by atoms with van der Waals surface area (Å²) in [6.07, 6.45) is 2.82. The van der Waals surface area contributed by atoms with Crippen LogP contribution in [0.2, 0.25) is 0 Å². The zero-order valence-electron chi connectivity index (χ0n) is 11.4. The number of aromatic nitrogens is 3. The molecule has 1 aromatic heterocycles. The number of rotatable bonds is 4. The second kappa shape index (κ2) is 7.07. The number of benzene rings is 1. The number of aliphatic hydroxyl groups is 1. The van der Waals surface area contributed by atoms with Crippen molar-refractivity contribution in [1.29, 1.82) is 0 Å². The maximum atomic E-state index is 11.9. The van der Waals surface area contributed by atoms with Crippen molar-refractivity contribution in [2.75, 3.05) is 19.0 Å². The second-order valence-corrected chi connectivity index (χ2v) is 4.02. The van der Waals surface area contributed by atoms with Crippen LogP contribution in [0.3, 0.4) is 0 Å². The molecule has 1 heterocycles. The number of hydrogen-bond acceptors (Lipinski definition) is 5. The maximum absolute atomic E-state index is 11.9. The number of methoxy groups -OCH3 is 1. The zero-order chi connectivity index (χ0) is 15.1. The number of carbonyl (C=O) groups is 1. The first-order valence-corrected chi connectivity index (χ1v) is 6.13. The van der Waals surface area contributed by atoms with E-state index in [0.717, 1.165) is 0 Å². The summed E-state index contributed by atoms with van der Waals surface area (Å²) in [6.45, 7) is -0.171. The van der Waals surface area contributed by atoms with E-state index in [1.54, 1.807) is 18.2 Å². The molecular weight excluding hydrogens is 272 g/mol. The van der Waals surface area contributed by atoms with Gasteiger partial charge in [0.05, 0.1) is 12.8 Å². The van der Waals surface area contributed by atoms with Gasteiger partial charge in [-0.2, -0.15) is 5.10 Å². The Morgan fingerprint density at radius 3 is 3.05 bits per heavy atom. The SMILES string of the molecule is COc1ccc(C#CCO)cc1NC(=O)Cn1cncn1. The number of anilines is 1. The first-order valence-electron chi connectivity index (χ1n) is 6.13. The highest BCUT2D eigenvalue weighted by molar-refractivity contribution is 5.92. The molecule has 0 radical (unpaired) electrons. The van der Waals surface area contributed by atoms with Gasteiger partial charge in [-0.15, -0.1) is 0 Å². The Labute approximate surface area is 121 Å². The highest BCUT2D eigenvalue weighted by atomic mass is 16.5. The minimum Gasteiger partial charge on any atom is -0.495 e. The summed E-state index contributed by atoms with van der Waals surface area (Å²) in [5.41, 5.74) is 1.17. The molecule has 7 heteroatoms. The molecule has 108 valence electrons. The standard InChI is InChI=1S/C14H14N4O3/c1-21-13-5-4-11(3-2-6-19)7-12(13)17-14(20)8-18-10-15-9-16-18/h4-5,7,9-10,19H,6,8H2,1H3,(H,17,20). The molecule has 0 unspecified atom stereocenters. The summed E-state index contributed by atoms with van der Waals surface area (Å²) >= 11 is 0. The Kier molecular flexibility index (Phi) is 4.90. The van der Waals surface area contributed by atoms with Crippen molar-refractivity contribution in [3.05, 3.63) is 36.4 Å². The molecule has 0 fully saturated rings. The van der Waals surface area contributed by atoms with E-state index in [-0.39, 0.29) is 19.1 Å². The van der Waals surface area contributed by atoms with E-state index in [1.807, 2.05) is 0 Å². The summed E-state index contributed by atoms with van der Waals surface area (Å²) < 4.78 is 6.61. The topological polar surface area (TPSA) is 89.3 Å². The van der Waals surface area contributed by atoms with Gasteiger partial charge in [0.25, 0.3) is 0 Å². The third kappa shape index (κ3) is 4.06. The van der Waals surface area contributed by atoms with E-state index in [9.17, 15) is 4.79 Å². The molecule has 0 atom stereocenters. The lowest BCUT2D eigenvalue weighted by Gasteiger charge is -2.10. The van der Waals surface area contributed by atoms with Gasteiger partial charge in [0.2, 0.25) is 5.91 Å². The molecule has 0 saturated carbocycles. The molecule has 1 amide bonds. The molecule has 7 nitrogen and oxygen atoms in total. The number of aliphatic hydroxyl groups excluding tert-OH is 1. The molecular formula is C14H14N4O3. The smallest absolute Gasteiger partial charge is 0.246 e. The van der Waals surface area contributed by atoms with E-state index in [2.05, 4.69) is 27.2 Å². The molecule has 0 aliphatic carbocycles. The highest BCUT2D eigenvalue weighted by Crippen LogP contribution is 2.25. The molecule has 21 heavy (non-hydrogen) atoms. The molecule has 0 aliphatic heterocycles. The molecule has 0 bridgehead atoms. The van der Waals surface area contributed by atoms with Crippen molar-refractivity contribution < 1.29 is 14.6 Å². The van der Waals surface area contributed by atoms with Crippen molar-refractivity contribution in [2.24, 2.45) is 0 Å². The largest absolute Gasteiger partial charge is 0.495 e. The monoisotopic (exact) mass is 286 g/mol. The van der Waals surface area contributed by atoms with Gasteiger partial charge in [0.1, 0.15) is 31.6 Å². The number of carbonyl (C=O) groups excluding carboxylic acids is 1. The van der Waals surface area contributed by atoms with Gasteiger partial charge in [-0.05, 0) is 18.2 Å². The van der Waals surface area contributed by atoms with Crippen LogP contribution in [0.4, 0.5) is 5.69 Å². The summed E-state index contributed by atoms with van der Waals surface area (Å²) in [6, 6.07) is 5.13. The Balaban J connectivity index is 2.14. The molecule has 0 saturated heterocycles. The summed E-state index contributed by atoms with van der Waals surface area (Å²) in [7, 11) is 1.52. The lowest BCUT2D eigenvalue weighted by molar-refractivity contribution is -0.116. The number of nitrogens with one attached hydrogen (secondary N) is 1. The first kappa shape index (κ1) is 14.6. The summed E-state index contributed by atoms with van der Waals surface area (Å²) in [5, 5.41) is 15.3. The highest BCUT2D eigenvalue weighted by Gasteiger charge is 2.09. The second-order valence-electron chi connectivity index (χ2n) is 4.02. The van der Waals surface area contributed by atoms with E-state index < -0.39 is 0 Å². The third-order valence-corrected chi connectivity index (χ3v) is 2.56. The van der Waals surface area contributed by atoms with Crippen LogP contribution in [0.1, 0.15) is 5.56 Å². The Bertz CT molecular complexity index is 671. The molecule has 1 aromatic carbocycles. The lowest BCUT2D eigenvalue weighted by Crippen LogP contribution is -2.19. The average Bonchev–Trinajstić information content (AvgIpc) is 2.98.